The van der Waals surface area contributed by atoms with Crippen LogP contribution in [0.15, 0.2) is 0 Å². The van der Waals surface area contributed by atoms with Crippen molar-refractivity contribution in [3.63, 3.8) is 0 Å². The SMILES string of the molecule is CC(C)C1NC2(CCCC2)C(=O)N1C(C)C1CCC1. The third-order valence-corrected chi connectivity index (χ3v) is 5.73. The minimum Gasteiger partial charge on any atom is -0.322 e. The molecule has 3 fully saturated rings. The van der Waals surface area contributed by atoms with Gasteiger partial charge in [0.25, 0.3) is 0 Å². The van der Waals surface area contributed by atoms with Gasteiger partial charge in [0.05, 0.1) is 11.7 Å². The fraction of sp³-hybridized carbons (Fsp3) is 0.938. The third-order valence-electron chi connectivity index (χ3n) is 5.73. The molecule has 0 aromatic heterocycles. The highest BCUT2D eigenvalue weighted by molar-refractivity contribution is 5.89. The lowest BCUT2D eigenvalue weighted by Crippen LogP contribution is -2.50. The number of nitrogens with one attached hydrogen (secondary N) is 1. The first-order chi connectivity index (χ1) is 9.05. The number of amides is 1. The fourth-order valence-corrected chi connectivity index (χ4v) is 4.20. The van der Waals surface area contributed by atoms with Crippen LogP contribution in [0.1, 0.15) is 65.7 Å². The van der Waals surface area contributed by atoms with Gasteiger partial charge in [-0.05, 0) is 44.4 Å². The van der Waals surface area contributed by atoms with E-state index in [1.54, 1.807) is 0 Å². The molecule has 1 aliphatic heterocycles. The summed E-state index contributed by atoms with van der Waals surface area (Å²) in [5.41, 5.74) is -0.201. The first kappa shape index (κ1) is 13.4. The molecule has 2 atom stereocenters. The van der Waals surface area contributed by atoms with Gasteiger partial charge < -0.3 is 4.90 Å². The lowest BCUT2D eigenvalue weighted by atomic mass is 9.79. The molecule has 0 aromatic carbocycles. The smallest absolute Gasteiger partial charge is 0.244 e. The molecule has 2 unspecified atom stereocenters. The molecule has 3 rings (SSSR count). The second-order valence-electron chi connectivity index (χ2n) is 7.27. The van der Waals surface area contributed by atoms with Gasteiger partial charge in [-0.3, -0.25) is 10.1 Å². The van der Waals surface area contributed by atoms with Crippen LogP contribution in [-0.2, 0) is 4.79 Å². The van der Waals surface area contributed by atoms with Gasteiger partial charge in [0.1, 0.15) is 0 Å². The van der Waals surface area contributed by atoms with Crippen molar-refractivity contribution >= 4 is 5.91 Å². The highest BCUT2D eigenvalue weighted by Crippen LogP contribution is 2.41. The normalized spacial score (nSPS) is 32.3. The topological polar surface area (TPSA) is 32.3 Å². The van der Waals surface area contributed by atoms with Gasteiger partial charge in [0.2, 0.25) is 5.91 Å². The van der Waals surface area contributed by atoms with E-state index in [0.717, 1.165) is 18.8 Å². The van der Waals surface area contributed by atoms with E-state index in [1.165, 1.54) is 32.1 Å². The molecule has 1 amide bonds. The zero-order chi connectivity index (χ0) is 13.6. The predicted molar refractivity (Wildman–Crippen MR) is 76.6 cm³/mol. The highest BCUT2D eigenvalue weighted by Gasteiger charge is 2.54. The Labute approximate surface area is 117 Å². The molecule has 1 saturated heterocycles. The van der Waals surface area contributed by atoms with Crippen LogP contribution in [0.25, 0.3) is 0 Å². The minimum atomic E-state index is -0.201. The number of carbonyl (C=O) groups excluding carboxylic acids is 1. The van der Waals surface area contributed by atoms with Crippen molar-refractivity contribution in [2.75, 3.05) is 0 Å². The molecular weight excluding hydrogens is 236 g/mol. The lowest BCUT2D eigenvalue weighted by molar-refractivity contribution is -0.137. The van der Waals surface area contributed by atoms with E-state index in [4.69, 9.17) is 0 Å². The number of hydrogen-bond acceptors (Lipinski definition) is 2. The summed E-state index contributed by atoms with van der Waals surface area (Å²) in [5, 5.41) is 3.73. The van der Waals surface area contributed by atoms with Crippen LogP contribution in [0.4, 0.5) is 0 Å². The number of rotatable bonds is 3. The first-order valence-electron chi connectivity index (χ1n) is 8.16. The van der Waals surface area contributed by atoms with Gasteiger partial charge in [-0.2, -0.15) is 0 Å². The van der Waals surface area contributed by atoms with Gasteiger partial charge in [-0.15, -0.1) is 0 Å². The Morgan fingerprint density at radius 2 is 1.79 bits per heavy atom. The van der Waals surface area contributed by atoms with Gasteiger partial charge in [0, 0.05) is 6.04 Å². The van der Waals surface area contributed by atoms with E-state index in [1.807, 2.05) is 0 Å². The Hall–Kier alpha value is -0.570. The third kappa shape index (κ3) is 2.01. The molecule has 1 heterocycles. The minimum absolute atomic E-state index is 0.201. The summed E-state index contributed by atoms with van der Waals surface area (Å²) >= 11 is 0. The van der Waals surface area contributed by atoms with Gasteiger partial charge in [0.15, 0.2) is 0 Å². The van der Waals surface area contributed by atoms with E-state index in [2.05, 4.69) is 31.0 Å². The molecule has 1 N–H and O–H groups in total. The summed E-state index contributed by atoms with van der Waals surface area (Å²) in [6.07, 6.45) is 8.71. The summed E-state index contributed by atoms with van der Waals surface area (Å²) in [4.78, 5) is 15.2. The molecule has 2 aliphatic carbocycles. The van der Waals surface area contributed by atoms with Crippen molar-refractivity contribution in [1.29, 1.82) is 0 Å². The molecule has 19 heavy (non-hydrogen) atoms. The maximum atomic E-state index is 13.0. The van der Waals surface area contributed by atoms with Crippen molar-refractivity contribution in [2.45, 2.75) is 83.5 Å². The van der Waals surface area contributed by atoms with Crippen molar-refractivity contribution in [3.05, 3.63) is 0 Å². The van der Waals surface area contributed by atoms with Crippen LogP contribution in [0.2, 0.25) is 0 Å². The van der Waals surface area contributed by atoms with Gasteiger partial charge in [-0.1, -0.05) is 33.1 Å². The number of nitrogens with zero attached hydrogens (tertiary/aromatic N) is 1. The molecule has 0 aromatic rings. The number of hydrogen-bond donors (Lipinski definition) is 1. The maximum Gasteiger partial charge on any atom is 0.244 e. The molecule has 3 aliphatic rings. The zero-order valence-corrected chi connectivity index (χ0v) is 12.6. The summed E-state index contributed by atoms with van der Waals surface area (Å²) in [7, 11) is 0. The van der Waals surface area contributed by atoms with Crippen LogP contribution in [0.5, 0.6) is 0 Å². The highest BCUT2D eigenvalue weighted by atomic mass is 16.2. The van der Waals surface area contributed by atoms with Crippen molar-refractivity contribution in [2.24, 2.45) is 11.8 Å². The Morgan fingerprint density at radius 1 is 1.16 bits per heavy atom. The van der Waals surface area contributed by atoms with E-state index < -0.39 is 0 Å². The second-order valence-corrected chi connectivity index (χ2v) is 7.27. The molecular formula is C16H28N2O. The fourth-order valence-electron chi connectivity index (χ4n) is 4.20. The van der Waals surface area contributed by atoms with Crippen molar-refractivity contribution < 1.29 is 4.79 Å². The predicted octanol–water partition coefficient (Wildman–Crippen LogP) is 2.90. The maximum absolute atomic E-state index is 13.0. The van der Waals surface area contributed by atoms with E-state index in [0.29, 0.717) is 17.9 Å². The van der Waals surface area contributed by atoms with Crippen LogP contribution < -0.4 is 5.32 Å². The Kier molecular flexibility index (Phi) is 3.36. The molecule has 0 radical (unpaired) electrons. The van der Waals surface area contributed by atoms with Crippen LogP contribution >= 0.6 is 0 Å². The van der Waals surface area contributed by atoms with Crippen LogP contribution in [0.3, 0.4) is 0 Å². The zero-order valence-electron chi connectivity index (χ0n) is 12.6. The van der Waals surface area contributed by atoms with Crippen molar-refractivity contribution in [3.8, 4) is 0 Å². The lowest BCUT2D eigenvalue weighted by Gasteiger charge is -2.41. The van der Waals surface area contributed by atoms with Crippen molar-refractivity contribution in [1.82, 2.24) is 10.2 Å². The molecule has 1 spiro atoms. The molecule has 108 valence electrons. The first-order valence-corrected chi connectivity index (χ1v) is 8.16. The molecule has 2 saturated carbocycles. The molecule has 0 bridgehead atoms. The summed E-state index contributed by atoms with van der Waals surface area (Å²) in [5.74, 6) is 1.64. The Morgan fingerprint density at radius 3 is 2.26 bits per heavy atom. The Bertz CT molecular complexity index is 356. The number of carbonyl (C=O) groups is 1. The van der Waals surface area contributed by atoms with Gasteiger partial charge >= 0.3 is 0 Å². The van der Waals surface area contributed by atoms with Gasteiger partial charge in [-0.25, -0.2) is 0 Å². The van der Waals surface area contributed by atoms with Crippen LogP contribution in [-0.4, -0.2) is 28.6 Å². The van der Waals surface area contributed by atoms with Crippen LogP contribution in [0, 0.1) is 11.8 Å². The largest absolute Gasteiger partial charge is 0.322 e. The average Bonchev–Trinajstić information content (AvgIpc) is 2.85. The summed E-state index contributed by atoms with van der Waals surface area (Å²) in [6.45, 7) is 6.74. The van der Waals surface area contributed by atoms with E-state index in [-0.39, 0.29) is 11.7 Å². The summed E-state index contributed by atoms with van der Waals surface area (Å²) in [6, 6.07) is 0.418. The molecule has 3 heteroatoms. The average molecular weight is 264 g/mol. The standard InChI is InChI=1S/C16H28N2O/c1-11(2)14-17-16(9-4-5-10-16)15(19)18(14)12(3)13-7-6-8-13/h11-14,17H,4-10H2,1-3H3. The second kappa shape index (κ2) is 4.76. The summed E-state index contributed by atoms with van der Waals surface area (Å²) < 4.78 is 0. The van der Waals surface area contributed by atoms with E-state index in [9.17, 15) is 4.79 Å². The van der Waals surface area contributed by atoms with E-state index >= 15 is 0 Å². The Balaban J connectivity index is 1.84. The quantitative estimate of drug-likeness (QED) is 0.850. The monoisotopic (exact) mass is 264 g/mol. The molecule has 3 nitrogen and oxygen atoms in total.